The predicted octanol–water partition coefficient (Wildman–Crippen LogP) is 0.367. The molecule has 0 bridgehead atoms. The van der Waals surface area contributed by atoms with E-state index in [9.17, 15) is 8.42 Å². The highest BCUT2D eigenvalue weighted by Gasteiger charge is 2.16. The Morgan fingerprint density at radius 3 is 2.71 bits per heavy atom. The van der Waals surface area contributed by atoms with Crippen LogP contribution in [0.2, 0.25) is 0 Å². The van der Waals surface area contributed by atoms with Crippen LogP contribution in [0.15, 0.2) is 16.3 Å². The molecule has 0 aliphatic carbocycles. The number of ether oxygens (including phenoxy) is 1. The van der Waals surface area contributed by atoms with Gasteiger partial charge in [-0.2, -0.15) is 0 Å². The molecule has 1 aromatic rings. The average Bonchev–Trinajstić information content (AvgIpc) is 2.92. The molecule has 0 amide bonds. The average molecular weight is 335 g/mol. The van der Waals surface area contributed by atoms with Gasteiger partial charge in [-0.15, -0.1) is 11.3 Å². The second kappa shape index (κ2) is 9.50. The van der Waals surface area contributed by atoms with Crippen LogP contribution in [0.4, 0.5) is 0 Å². The lowest BCUT2D eigenvalue weighted by atomic mass is 10.3. The summed E-state index contributed by atoms with van der Waals surface area (Å²) in [7, 11) is 2.08. The number of methoxy groups -OCH3 is 1. The van der Waals surface area contributed by atoms with Gasteiger partial charge in [-0.25, -0.2) is 13.1 Å². The van der Waals surface area contributed by atoms with E-state index < -0.39 is 10.0 Å². The Balaban J connectivity index is 2.44. The quantitative estimate of drug-likeness (QED) is 0.611. The molecular formula is C13H25N3O3S2. The molecule has 0 spiro atoms. The number of nitrogens with zero attached hydrogens (tertiary/aromatic N) is 1. The maximum Gasteiger partial charge on any atom is 0.250 e. The molecular weight excluding hydrogens is 310 g/mol. The van der Waals surface area contributed by atoms with E-state index in [2.05, 4.69) is 10.0 Å². The van der Waals surface area contributed by atoms with Crippen molar-refractivity contribution < 1.29 is 13.2 Å². The number of hydrogen-bond acceptors (Lipinski definition) is 6. The third-order valence-corrected chi connectivity index (χ3v) is 6.08. The molecule has 122 valence electrons. The minimum Gasteiger partial charge on any atom is -0.383 e. The van der Waals surface area contributed by atoms with E-state index in [1.165, 1.54) is 11.3 Å². The molecule has 0 radical (unpaired) electrons. The number of nitrogens with one attached hydrogen (secondary N) is 2. The summed E-state index contributed by atoms with van der Waals surface area (Å²) in [6, 6.07) is 3.55. The van der Waals surface area contributed by atoms with Crippen LogP contribution in [0.25, 0.3) is 0 Å². The lowest BCUT2D eigenvalue weighted by Crippen LogP contribution is -2.34. The Kier molecular flexibility index (Phi) is 8.38. The van der Waals surface area contributed by atoms with Gasteiger partial charge in [-0.05, 0) is 39.2 Å². The van der Waals surface area contributed by atoms with Crippen LogP contribution in [-0.4, -0.2) is 67.3 Å². The first-order chi connectivity index (χ1) is 9.99. The fourth-order valence-corrected chi connectivity index (χ4v) is 4.11. The zero-order valence-corrected chi connectivity index (χ0v) is 14.5. The van der Waals surface area contributed by atoms with Crippen molar-refractivity contribution in [3.05, 3.63) is 17.0 Å². The van der Waals surface area contributed by atoms with Crippen LogP contribution in [0.3, 0.4) is 0 Å². The maximum atomic E-state index is 12.2. The SMILES string of the molecule is CNCCc1ccc(S(=O)(=O)NCCN(C)CCOC)s1. The molecule has 0 saturated heterocycles. The molecule has 0 unspecified atom stereocenters. The highest BCUT2D eigenvalue weighted by atomic mass is 32.2. The second-order valence-electron chi connectivity index (χ2n) is 4.77. The summed E-state index contributed by atoms with van der Waals surface area (Å²) in [4.78, 5) is 3.10. The van der Waals surface area contributed by atoms with E-state index in [1.807, 2.05) is 25.1 Å². The van der Waals surface area contributed by atoms with Gasteiger partial charge in [-0.3, -0.25) is 0 Å². The second-order valence-corrected chi connectivity index (χ2v) is 7.93. The van der Waals surface area contributed by atoms with Crippen LogP contribution in [0.1, 0.15) is 4.88 Å². The van der Waals surface area contributed by atoms with Crippen molar-refractivity contribution in [1.29, 1.82) is 0 Å². The molecule has 0 fully saturated rings. The maximum absolute atomic E-state index is 12.2. The minimum atomic E-state index is -3.39. The molecule has 1 heterocycles. The highest BCUT2D eigenvalue weighted by Crippen LogP contribution is 2.21. The lowest BCUT2D eigenvalue weighted by molar-refractivity contribution is 0.162. The minimum absolute atomic E-state index is 0.383. The van der Waals surface area contributed by atoms with E-state index in [4.69, 9.17) is 4.74 Å². The Bertz CT molecular complexity index is 503. The van der Waals surface area contributed by atoms with Gasteiger partial charge in [0.25, 0.3) is 0 Å². The molecule has 8 heteroatoms. The fraction of sp³-hybridized carbons (Fsp3) is 0.692. The van der Waals surface area contributed by atoms with Crippen molar-refractivity contribution in [3.63, 3.8) is 0 Å². The molecule has 1 rings (SSSR count). The van der Waals surface area contributed by atoms with Crippen molar-refractivity contribution in [2.75, 3.05) is 54.0 Å². The highest BCUT2D eigenvalue weighted by molar-refractivity contribution is 7.91. The number of rotatable bonds is 11. The van der Waals surface area contributed by atoms with Crippen LogP contribution in [-0.2, 0) is 21.2 Å². The zero-order valence-electron chi connectivity index (χ0n) is 12.9. The van der Waals surface area contributed by atoms with E-state index in [0.29, 0.717) is 23.9 Å². The fourth-order valence-electron chi connectivity index (χ4n) is 1.69. The molecule has 0 atom stereocenters. The molecule has 0 aliphatic heterocycles. The van der Waals surface area contributed by atoms with Gasteiger partial charge in [0.1, 0.15) is 4.21 Å². The van der Waals surface area contributed by atoms with Crippen molar-refractivity contribution in [1.82, 2.24) is 14.9 Å². The van der Waals surface area contributed by atoms with E-state index in [-0.39, 0.29) is 0 Å². The molecule has 0 saturated carbocycles. The van der Waals surface area contributed by atoms with Gasteiger partial charge in [0.2, 0.25) is 10.0 Å². The largest absolute Gasteiger partial charge is 0.383 e. The third kappa shape index (κ3) is 6.86. The van der Waals surface area contributed by atoms with Gasteiger partial charge in [-0.1, -0.05) is 0 Å². The van der Waals surface area contributed by atoms with Gasteiger partial charge in [0, 0.05) is 31.6 Å². The molecule has 0 aliphatic rings. The molecule has 6 nitrogen and oxygen atoms in total. The van der Waals surface area contributed by atoms with Gasteiger partial charge in [0.15, 0.2) is 0 Å². The van der Waals surface area contributed by atoms with Crippen molar-refractivity contribution >= 4 is 21.4 Å². The van der Waals surface area contributed by atoms with Crippen molar-refractivity contribution in [3.8, 4) is 0 Å². The van der Waals surface area contributed by atoms with Gasteiger partial charge in [0.05, 0.1) is 6.61 Å². The first-order valence-corrected chi connectivity index (χ1v) is 9.20. The Morgan fingerprint density at radius 1 is 1.29 bits per heavy atom. The van der Waals surface area contributed by atoms with Crippen LogP contribution in [0, 0.1) is 0 Å². The van der Waals surface area contributed by atoms with E-state index in [1.54, 1.807) is 13.2 Å². The first kappa shape index (κ1) is 18.5. The molecule has 2 N–H and O–H groups in total. The summed E-state index contributed by atoms with van der Waals surface area (Å²) < 4.78 is 32.3. The first-order valence-electron chi connectivity index (χ1n) is 6.90. The van der Waals surface area contributed by atoms with Crippen LogP contribution < -0.4 is 10.0 Å². The Hall–Kier alpha value is -0.510. The Morgan fingerprint density at radius 2 is 2.05 bits per heavy atom. The number of hydrogen-bond donors (Lipinski definition) is 2. The van der Waals surface area contributed by atoms with Gasteiger partial charge < -0.3 is 15.0 Å². The number of sulfonamides is 1. The summed E-state index contributed by atoms with van der Waals surface area (Å²) in [5, 5.41) is 3.05. The predicted molar refractivity (Wildman–Crippen MR) is 86.5 cm³/mol. The molecule has 0 aromatic carbocycles. The summed E-state index contributed by atoms with van der Waals surface area (Å²) in [5.74, 6) is 0. The van der Waals surface area contributed by atoms with E-state index in [0.717, 1.165) is 24.4 Å². The zero-order chi connectivity index (χ0) is 15.7. The smallest absolute Gasteiger partial charge is 0.250 e. The lowest BCUT2D eigenvalue weighted by Gasteiger charge is -2.15. The number of likely N-dealkylation sites (N-methyl/N-ethyl adjacent to an activating group) is 2. The number of thiophene rings is 1. The summed E-state index contributed by atoms with van der Waals surface area (Å²) >= 11 is 1.33. The standard InChI is InChI=1S/C13H25N3O3S2/c1-14-7-6-12-4-5-13(20-12)21(17,18)15-8-9-16(2)10-11-19-3/h4-5,14-15H,6-11H2,1-3H3. The summed E-state index contributed by atoms with van der Waals surface area (Å²) in [6.07, 6.45) is 0.844. The van der Waals surface area contributed by atoms with Crippen LogP contribution in [0.5, 0.6) is 0 Å². The van der Waals surface area contributed by atoms with Crippen LogP contribution >= 0.6 is 11.3 Å². The normalized spacial score (nSPS) is 12.2. The topological polar surface area (TPSA) is 70.7 Å². The molecule has 1 aromatic heterocycles. The summed E-state index contributed by atoms with van der Waals surface area (Å²) in [5.41, 5.74) is 0. The van der Waals surface area contributed by atoms with E-state index >= 15 is 0 Å². The van der Waals surface area contributed by atoms with Gasteiger partial charge >= 0.3 is 0 Å². The third-order valence-electron chi connectivity index (χ3n) is 2.99. The van der Waals surface area contributed by atoms with Crippen molar-refractivity contribution in [2.45, 2.75) is 10.6 Å². The Labute approximate surface area is 131 Å². The van der Waals surface area contributed by atoms with Crippen molar-refractivity contribution in [2.24, 2.45) is 0 Å². The molecule has 21 heavy (non-hydrogen) atoms. The summed E-state index contributed by atoms with van der Waals surface area (Å²) in [6.45, 7) is 3.32. The monoisotopic (exact) mass is 335 g/mol.